The van der Waals surface area contributed by atoms with E-state index in [2.05, 4.69) is 25.7 Å². The van der Waals surface area contributed by atoms with Gasteiger partial charge in [-0.15, -0.1) is 13.2 Å². The fraction of sp³-hybridized carbons (Fsp3) is 0.444. The van der Waals surface area contributed by atoms with Crippen molar-refractivity contribution in [3.8, 4) is 11.6 Å². The minimum atomic E-state index is -5.08. The lowest BCUT2D eigenvalue weighted by atomic mass is 10.2. The van der Waals surface area contributed by atoms with E-state index in [9.17, 15) is 22.0 Å². The smallest absolute Gasteiger partial charge is 0.481 e. The molecule has 102 valence electrons. The molecule has 9 heteroatoms. The molecule has 1 rings (SSSR count). The molecule has 0 spiro atoms. The maximum atomic E-state index is 12.6. The van der Waals surface area contributed by atoms with Crippen LogP contribution in [0.4, 0.5) is 22.0 Å². The Balaban J connectivity index is 3.38. The molecule has 0 fully saturated rings. The van der Waals surface area contributed by atoms with E-state index < -0.39 is 24.1 Å². The first-order chi connectivity index (χ1) is 8.30. The molecule has 1 heterocycles. The monoisotopic (exact) mass is 335 g/mol. The summed E-state index contributed by atoms with van der Waals surface area (Å²) in [5.74, 6) is -1.20. The number of ether oxygens (including phenoxy) is 2. The van der Waals surface area contributed by atoms with E-state index in [1.807, 2.05) is 0 Å². The molecule has 0 saturated carbocycles. The molecule has 0 unspecified atom stereocenters. The van der Waals surface area contributed by atoms with Gasteiger partial charge in [-0.1, -0.05) is 15.9 Å². The summed E-state index contributed by atoms with van der Waals surface area (Å²) in [6, 6.07) is 0. The third-order valence-corrected chi connectivity index (χ3v) is 2.46. The summed E-state index contributed by atoms with van der Waals surface area (Å²) in [5.41, 5.74) is -1.17. The molecule has 0 radical (unpaired) electrons. The Bertz CT molecular complexity index is 424. The summed E-state index contributed by atoms with van der Waals surface area (Å²) in [6.45, 7) is 0. The Labute approximate surface area is 107 Å². The average molecular weight is 336 g/mol. The van der Waals surface area contributed by atoms with Crippen LogP contribution in [0.1, 0.15) is 17.6 Å². The predicted octanol–water partition coefficient (Wildman–Crippen LogP) is 3.82. The topological polar surface area (TPSA) is 31.4 Å². The first kappa shape index (κ1) is 14.9. The lowest BCUT2D eigenvalue weighted by molar-refractivity contribution is -0.275. The van der Waals surface area contributed by atoms with E-state index in [1.54, 1.807) is 0 Å². The first-order valence-electron chi connectivity index (χ1n) is 4.45. The fourth-order valence-electron chi connectivity index (χ4n) is 1.22. The number of aromatic nitrogens is 1. The number of methoxy groups -OCH3 is 1. The fourth-order valence-corrected chi connectivity index (χ4v) is 1.72. The van der Waals surface area contributed by atoms with Crippen LogP contribution in [-0.2, 0) is 5.33 Å². The van der Waals surface area contributed by atoms with Gasteiger partial charge in [-0.05, 0) is 0 Å². The van der Waals surface area contributed by atoms with E-state index in [0.29, 0.717) is 6.20 Å². The molecule has 0 N–H and O–H groups in total. The molecule has 0 aliphatic carbocycles. The van der Waals surface area contributed by atoms with Gasteiger partial charge in [-0.3, -0.25) is 0 Å². The molecule has 0 aliphatic rings. The quantitative estimate of drug-likeness (QED) is 0.619. The number of hydrogen-bond donors (Lipinski definition) is 0. The van der Waals surface area contributed by atoms with Crippen molar-refractivity contribution in [1.29, 1.82) is 0 Å². The van der Waals surface area contributed by atoms with Gasteiger partial charge in [0.1, 0.15) is 5.75 Å². The lowest BCUT2D eigenvalue weighted by Gasteiger charge is -2.17. The second-order valence-corrected chi connectivity index (χ2v) is 3.57. The second kappa shape index (κ2) is 5.68. The number of pyridine rings is 1. The number of halogens is 6. The summed E-state index contributed by atoms with van der Waals surface area (Å²) < 4.78 is 70.1. The van der Waals surface area contributed by atoms with Gasteiger partial charge in [0.05, 0.1) is 18.2 Å². The van der Waals surface area contributed by atoms with Crippen molar-refractivity contribution in [2.45, 2.75) is 18.1 Å². The Kier molecular flexibility index (Phi) is 4.71. The Morgan fingerprint density at radius 3 is 2.39 bits per heavy atom. The van der Waals surface area contributed by atoms with Crippen LogP contribution < -0.4 is 9.47 Å². The molecule has 18 heavy (non-hydrogen) atoms. The van der Waals surface area contributed by atoms with Crippen molar-refractivity contribution in [2.24, 2.45) is 0 Å². The summed E-state index contributed by atoms with van der Waals surface area (Å²) in [5, 5.41) is -0.171. The molecule has 0 saturated heterocycles. The normalized spacial score (nSPS) is 11.8. The van der Waals surface area contributed by atoms with Crippen LogP contribution in [0.15, 0.2) is 6.20 Å². The van der Waals surface area contributed by atoms with E-state index >= 15 is 0 Å². The van der Waals surface area contributed by atoms with E-state index in [-0.39, 0.29) is 16.8 Å². The summed E-state index contributed by atoms with van der Waals surface area (Å²) in [4.78, 5) is 3.50. The van der Waals surface area contributed by atoms with Gasteiger partial charge in [-0.25, -0.2) is 13.8 Å². The molecule has 0 atom stereocenters. The van der Waals surface area contributed by atoms with Gasteiger partial charge >= 0.3 is 6.36 Å². The van der Waals surface area contributed by atoms with Gasteiger partial charge in [0.25, 0.3) is 6.43 Å². The first-order valence-corrected chi connectivity index (χ1v) is 5.58. The highest BCUT2D eigenvalue weighted by atomic mass is 79.9. The Hall–Kier alpha value is -1.12. The van der Waals surface area contributed by atoms with Crippen molar-refractivity contribution in [3.63, 3.8) is 0 Å². The molecule has 0 aromatic carbocycles. The van der Waals surface area contributed by atoms with Crippen molar-refractivity contribution in [1.82, 2.24) is 4.98 Å². The predicted molar refractivity (Wildman–Crippen MR) is 55.1 cm³/mol. The van der Waals surface area contributed by atoms with E-state index in [1.165, 1.54) is 0 Å². The number of hydrogen-bond acceptors (Lipinski definition) is 3. The molecule has 1 aromatic rings. The van der Waals surface area contributed by atoms with Crippen molar-refractivity contribution in [3.05, 3.63) is 17.3 Å². The zero-order chi connectivity index (χ0) is 13.9. The molecule has 0 amide bonds. The highest BCUT2D eigenvalue weighted by Crippen LogP contribution is 2.39. The van der Waals surface area contributed by atoms with E-state index in [0.717, 1.165) is 7.11 Å². The van der Waals surface area contributed by atoms with Crippen LogP contribution in [0.3, 0.4) is 0 Å². The molecule has 3 nitrogen and oxygen atoms in total. The number of rotatable bonds is 4. The maximum absolute atomic E-state index is 12.6. The SMILES string of the molecule is COc1ncc(C(F)F)c(OC(F)(F)F)c1CBr. The van der Waals surface area contributed by atoms with Crippen molar-refractivity contribution < 1.29 is 31.4 Å². The summed E-state index contributed by atoms with van der Waals surface area (Å²) in [7, 11) is 1.16. The van der Waals surface area contributed by atoms with Crippen LogP contribution >= 0.6 is 15.9 Å². The van der Waals surface area contributed by atoms with Crippen LogP contribution in [0, 0.1) is 0 Å². The largest absolute Gasteiger partial charge is 0.573 e. The zero-order valence-electron chi connectivity index (χ0n) is 8.89. The minimum absolute atomic E-state index is 0.171. The van der Waals surface area contributed by atoms with Gasteiger partial charge in [0.2, 0.25) is 5.88 Å². The van der Waals surface area contributed by atoms with Gasteiger partial charge in [0, 0.05) is 11.5 Å². The third kappa shape index (κ3) is 3.44. The average Bonchev–Trinajstić information content (AvgIpc) is 2.25. The Morgan fingerprint density at radius 2 is 2.00 bits per heavy atom. The summed E-state index contributed by atoms with van der Waals surface area (Å²) >= 11 is 2.88. The molecular formula is C9H7BrF5NO2. The molecular weight excluding hydrogens is 329 g/mol. The lowest BCUT2D eigenvalue weighted by Crippen LogP contribution is -2.19. The molecule has 0 bridgehead atoms. The highest BCUT2D eigenvalue weighted by molar-refractivity contribution is 9.08. The van der Waals surface area contributed by atoms with Gasteiger partial charge in [-0.2, -0.15) is 0 Å². The van der Waals surface area contributed by atoms with Gasteiger partial charge < -0.3 is 9.47 Å². The number of nitrogens with zero attached hydrogens (tertiary/aromatic N) is 1. The third-order valence-electron chi connectivity index (χ3n) is 1.90. The standard InChI is InChI=1S/C9H7BrF5NO2/c1-17-8-4(2-10)6(18-9(13,14)15)5(3-16-8)7(11)12/h3,7H,2H2,1H3. The number of alkyl halides is 6. The van der Waals surface area contributed by atoms with Crippen LogP contribution in [0.2, 0.25) is 0 Å². The summed E-state index contributed by atoms with van der Waals surface area (Å²) in [6.07, 6.45) is -7.62. The minimum Gasteiger partial charge on any atom is -0.481 e. The zero-order valence-corrected chi connectivity index (χ0v) is 10.5. The molecule has 1 aromatic heterocycles. The van der Waals surface area contributed by atoms with Gasteiger partial charge in [0.15, 0.2) is 0 Å². The highest BCUT2D eigenvalue weighted by Gasteiger charge is 2.35. The Morgan fingerprint density at radius 1 is 1.39 bits per heavy atom. The second-order valence-electron chi connectivity index (χ2n) is 3.01. The van der Waals surface area contributed by atoms with Crippen molar-refractivity contribution in [2.75, 3.05) is 7.11 Å². The van der Waals surface area contributed by atoms with Crippen molar-refractivity contribution >= 4 is 15.9 Å². The van der Waals surface area contributed by atoms with Crippen LogP contribution in [0.5, 0.6) is 11.6 Å². The van der Waals surface area contributed by atoms with Crippen LogP contribution in [-0.4, -0.2) is 18.5 Å². The molecule has 0 aliphatic heterocycles. The van der Waals surface area contributed by atoms with Crippen LogP contribution in [0.25, 0.3) is 0 Å². The van der Waals surface area contributed by atoms with E-state index in [4.69, 9.17) is 4.74 Å². The maximum Gasteiger partial charge on any atom is 0.573 e.